The van der Waals surface area contributed by atoms with Gasteiger partial charge in [-0.05, 0) is 24.8 Å². The van der Waals surface area contributed by atoms with E-state index in [9.17, 15) is 4.79 Å². The second-order valence-corrected chi connectivity index (χ2v) is 6.29. The fourth-order valence-corrected chi connectivity index (χ4v) is 3.36. The van der Waals surface area contributed by atoms with Crippen LogP contribution in [0.15, 0.2) is 16.9 Å². The van der Waals surface area contributed by atoms with Crippen LogP contribution in [0.5, 0.6) is 5.88 Å². The summed E-state index contributed by atoms with van der Waals surface area (Å²) >= 11 is 0. The van der Waals surface area contributed by atoms with Crippen LogP contribution in [0.1, 0.15) is 32.1 Å². The Kier molecular flexibility index (Phi) is 5.00. The van der Waals surface area contributed by atoms with E-state index in [4.69, 9.17) is 9.47 Å². The summed E-state index contributed by atoms with van der Waals surface area (Å²) in [4.78, 5) is 17.1. The molecule has 1 saturated carbocycles. The summed E-state index contributed by atoms with van der Waals surface area (Å²) in [5.41, 5.74) is 1.58. The van der Waals surface area contributed by atoms with Gasteiger partial charge in [0.05, 0.1) is 12.1 Å². The quantitative estimate of drug-likeness (QED) is 0.767. The molecule has 0 aromatic carbocycles. The number of ether oxygens (including phenoxy) is 2. The van der Waals surface area contributed by atoms with Crippen molar-refractivity contribution in [3.63, 3.8) is 0 Å². The number of hydrogen-bond acceptors (Lipinski definition) is 4. The first-order valence-corrected chi connectivity index (χ1v) is 8.38. The highest BCUT2D eigenvalue weighted by Gasteiger charge is 2.19. The minimum atomic E-state index is 0.00659. The molecule has 126 valence electrons. The van der Waals surface area contributed by atoms with Gasteiger partial charge >= 0.3 is 5.69 Å². The molecule has 0 N–H and O–H groups in total. The standard InChI is InChI=1S/C17H25N3O3/c1-19-14-8-9-15(23-11-10-22-2)18-16(14)20(17(19)21)12-13-6-4-3-5-7-13/h8-9,13H,3-7,10-12H2,1-2H3. The van der Waals surface area contributed by atoms with Gasteiger partial charge in [0.2, 0.25) is 5.88 Å². The van der Waals surface area contributed by atoms with Crippen molar-refractivity contribution in [2.75, 3.05) is 20.3 Å². The summed E-state index contributed by atoms with van der Waals surface area (Å²) < 4.78 is 14.1. The second-order valence-electron chi connectivity index (χ2n) is 6.29. The maximum atomic E-state index is 12.6. The maximum Gasteiger partial charge on any atom is 0.330 e. The van der Waals surface area contributed by atoms with Gasteiger partial charge in [0.15, 0.2) is 5.65 Å². The van der Waals surface area contributed by atoms with Gasteiger partial charge in [-0.15, -0.1) is 0 Å². The van der Waals surface area contributed by atoms with E-state index in [0.29, 0.717) is 25.0 Å². The lowest BCUT2D eigenvalue weighted by atomic mass is 9.89. The average Bonchev–Trinajstić information content (AvgIpc) is 2.81. The lowest BCUT2D eigenvalue weighted by Crippen LogP contribution is -2.26. The monoisotopic (exact) mass is 319 g/mol. The number of imidazole rings is 1. The fraction of sp³-hybridized carbons (Fsp3) is 0.647. The molecule has 0 radical (unpaired) electrons. The minimum Gasteiger partial charge on any atom is -0.475 e. The van der Waals surface area contributed by atoms with Crippen LogP contribution in [0.2, 0.25) is 0 Å². The van der Waals surface area contributed by atoms with E-state index in [1.165, 1.54) is 32.1 Å². The van der Waals surface area contributed by atoms with E-state index in [-0.39, 0.29) is 5.69 Å². The van der Waals surface area contributed by atoms with Gasteiger partial charge in [-0.2, -0.15) is 4.98 Å². The van der Waals surface area contributed by atoms with Crippen LogP contribution in [0, 0.1) is 5.92 Å². The summed E-state index contributed by atoms with van der Waals surface area (Å²) in [5, 5.41) is 0. The lowest BCUT2D eigenvalue weighted by Gasteiger charge is -2.21. The Labute approximate surface area is 136 Å². The van der Waals surface area contributed by atoms with Crippen molar-refractivity contribution in [1.29, 1.82) is 0 Å². The zero-order chi connectivity index (χ0) is 16.2. The topological polar surface area (TPSA) is 58.3 Å². The Morgan fingerprint density at radius 2 is 2.00 bits per heavy atom. The van der Waals surface area contributed by atoms with Gasteiger partial charge in [-0.3, -0.25) is 9.13 Å². The number of nitrogens with zero attached hydrogens (tertiary/aromatic N) is 3. The molecule has 0 unspecified atom stereocenters. The van der Waals surface area contributed by atoms with Gasteiger partial charge < -0.3 is 9.47 Å². The number of pyridine rings is 1. The van der Waals surface area contributed by atoms with Gasteiger partial charge in [0, 0.05) is 26.8 Å². The molecule has 2 aromatic heterocycles. The van der Waals surface area contributed by atoms with E-state index < -0.39 is 0 Å². The zero-order valence-corrected chi connectivity index (χ0v) is 14.0. The Morgan fingerprint density at radius 1 is 1.22 bits per heavy atom. The van der Waals surface area contributed by atoms with Crippen LogP contribution in [-0.4, -0.2) is 34.4 Å². The van der Waals surface area contributed by atoms with Gasteiger partial charge in [0.25, 0.3) is 0 Å². The van der Waals surface area contributed by atoms with Crippen LogP contribution in [0.25, 0.3) is 11.2 Å². The summed E-state index contributed by atoms with van der Waals surface area (Å²) in [6.45, 7) is 1.72. The predicted molar refractivity (Wildman–Crippen MR) is 88.9 cm³/mol. The molecule has 0 amide bonds. The third kappa shape index (κ3) is 3.42. The molecule has 0 spiro atoms. The molecular formula is C17H25N3O3. The van der Waals surface area contributed by atoms with Gasteiger partial charge in [0.1, 0.15) is 6.61 Å². The van der Waals surface area contributed by atoms with Gasteiger partial charge in [-0.25, -0.2) is 4.79 Å². The lowest BCUT2D eigenvalue weighted by molar-refractivity contribution is 0.144. The molecule has 6 nitrogen and oxygen atoms in total. The van der Waals surface area contributed by atoms with Crippen LogP contribution in [-0.2, 0) is 18.3 Å². The van der Waals surface area contributed by atoms with Crippen LogP contribution >= 0.6 is 0 Å². The fourth-order valence-electron chi connectivity index (χ4n) is 3.36. The molecule has 2 heterocycles. The first-order chi connectivity index (χ1) is 11.2. The predicted octanol–water partition coefficient (Wildman–Crippen LogP) is 2.34. The van der Waals surface area contributed by atoms with E-state index in [1.54, 1.807) is 18.7 Å². The van der Waals surface area contributed by atoms with Crippen molar-refractivity contribution in [1.82, 2.24) is 14.1 Å². The van der Waals surface area contributed by atoms with E-state index in [1.807, 2.05) is 16.7 Å². The number of rotatable bonds is 6. The molecular weight excluding hydrogens is 294 g/mol. The zero-order valence-electron chi connectivity index (χ0n) is 14.0. The summed E-state index contributed by atoms with van der Waals surface area (Å²) in [5.74, 6) is 1.12. The highest BCUT2D eigenvalue weighted by molar-refractivity contribution is 5.72. The van der Waals surface area contributed by atoms with Gasteiger partial charge in [-0.1, -0.05) is 19.3 Å². The molecule has 0 saturated heterocycles. The molecule has 1 fully saturated rings. The highest BCUT2D eigenvalue weighted by Crippen LogP contribution is 2.26. The number of hydrogen-bond donors (Lipinski definition) is 0. The Balaban J connectivity index is 1.89. The molecule has 1 aliphatic rings. The summed E-state index contributed by atoms with van der Waals surface area (Å²) in [6.07, 6.45) is 6.25. The van der Waals surface area contributed by atoms with Crippen molar-refractivity contribution in [2.24, 2.45) is 13.0 Å². The SMILES string of the molecule is COCCOc1ccc2c(n1)n(CC1CCCCC1)c(=O)n2C. The maximum absolute atomic E-state index is 12.6. The third-order valence-corrected chi connectivity index (χ3v) is 4.67. The Morgan fingerprint density at radius 3 is 2.74 bits per heavy atom. The molecule has 3 rings (SSSR count). The van der Waals surface area contributed by atoms with Crippen molar-refractivity contribution in [3.05, 3.63) is 22.6 Å². The first-order valence-electron chi connectivity index (χ1n) is 8.38. The molecule has 0 atom stereocenters. The molecule has 0 aliphatic heterocycles. The normalized spacial score (nSPS) is 16.1. The summed E-state index contributed by atoms with van der Waals surface area (Å²) in [6, 6.07) is 3.71. The second kappa shape index (κ2) is 7.17. The van der Waals surface area contributed by atoms with Crippen molar-refractivity contribution < 1.29 is 9.47 Å². The molecule has 2 aromatic rings. The molecule has 1 aliphatic carbocycles. The van der Waals surface area contributed by atoms with E-state index >= 15 is 0 Å². The molecule has 23 heavy (non-hydrogen) atoms. The molecule has 6 heteroatoms. The highest BCUT2D eigenvalue weighted by atomic mass is 16.5. The smallest absolute Gasteiger partial charge is 0.330 e. The molecule has 0 bridgehead atoms. The first kappa shape index (κ1) is 16.1. The van der Waals surface area contributed by atoms with E-state index in [2.05, 4.69) is 4.98 Å². The largest absolute Gasteiger partial charge is 0.475 e. The van der Waals surface area contributed by atoms with Crippen LogP contribution < -0.4 is 10.4 Å². The van der Waals surface area contributed by atoms with Crippen LogP contribution in [0.4, 0.5) is 0 Å². The number of fused-ring (bicyclic) bond motifs is 1. The minimum absolute atomic E-state index is 0.00659. The van der Waals surface area contributed by atoms with E-state index in [0.717, 1.165) is 17.7 Å². The summed E-state index contributed by atoms with van der Waals surface area (Å²) in [7, 11) is 3.44. The van der Waals surface area contributed by atoms with Crippen LogP contribution in [0.3, 0.4) is 0 Å². The van der Waals surface area contributed by atoms with Crippen molar-refractivity contribution >= 4 is 11.2 Å². The number of aryl methyl sites for hydroxylation is 1. The third-order valence-electron chi connectivity index (χ3n) is 4.67. The average molecular weight is 319 g/mol. The van der Waals surface area contributed by atoms with Crippen molar-refractivity contribution in [3.8, 4) is 5.88 Å². The number of methoxy groups -OCH3 is 1. The number of aromatic nitrogens is 3. The Hall–Kier alpha value is -1.82. The van der Waals surface area contributed by atoms with Crippen molar-refractivity contribution in [2.45, 2.75) is 38.6 Å². The Bertz CT molecular complexity index is 714.